The average Bonchev–Trinajstić information content (AvgIpc) is 2.93. The standard InChI is InChI=1S/C15H24N2O2/c1-11-9-15(19-3)13(10-14(11)18-2)17-8-6-12-5-4-7-16-12/h9-10,12,16-17H,4-8H2,1-3H3. The molecule has 1 aromatic rings. The summed E-state index contributed by atoms with van der Waals surface area (Å²) in [6.07, 6.45) is 3.72. The molecule has 0 saturated carbocycles. The molecule has 106 valence electrons. The highest BCUT2D eigenvalue weighted by Gasteiger charge is 2.14. The molecular weight excluding hydrogens is 240 g/mol. The molecule has 4 nitrogen and oxygen atoms in total. The van der Waals surface area contributed by atoms with Gasteiger partial charge in [0.15, 0.2) is 0 Å². The number of aryl methyl sites for hydroxylation is 1. The number of benzene rings is 1. The summed E-state index contributed by atoms with van der Waals surface area (Å²) in [5, 5.41) is 6.96. The Balaban J connectivity index is 1.97. The molecule has 0 aromatic heterocycles. The van der Waals surface area contributed by atoms with Gasteiger partial charge in [-0.25, -0.2) is 0 Å². The minimum atomic E-state index is 0.658. The number of rotatable bonds is 6. The molecule has 0 radical (unpaired) electrons. The smallest absolute Gasteiger partial charge is 0.142 e. The fourth-order valence-electron chi connectivity index (χ4n) is 2.57. The molecule has 19 heavy (non-hydrogen) atoms. The van der Waals surface area contributed by atoms with Crippen molar-refractivity contribution < 1.29 is 9.47 Å². The Morgan fingerprint density at radius 3 is 2.68 bits per heavy atom. The number of methoxy groups -OCH3 is 2. The number of hydrogen-bond acceptors (Lipinski definition) is 4. The first kappa shape index (κ1) is 14.0. The van der Waals surface area contributed by atoms with Crippen LogP contribution in [0.4, 0.5) is 5.69 Å². The lowest BCUT2D eigenvalue weighted by Crippen LogP contribution is -2.24. The first-order chi connectivity index (χ1) is 9.24. The topological polar surface area (TPSA) is 42.5 Å². The molecule has 1 saturated heterocycles. The van der Waals surface area contributed by atoms with Gasteiger partial charge in [0.05, 0.1) is 19.9 Å². The van der Waals surface area contributed by atoms with E-state index in [1.165, 1.54) is 12.8 Å². The molecule has 1 atom stereocenters. The molecule has 2 N–H and O–H groups in total. The highest BCUT2D eigenvalue weighted by atomic mass is 16.5. The van der Waals surface area contributed by atoms with Gasteiger partial charge in [-0.15, -0.1) is 0 Å². The van der Waals surface area contributed by atoms with Crippen molar-refractivity contribution in [1.82, 2.24) is 5.32 Å². The van der Waals surface area contributed by atoms with Gasteiger partial charge >= 0.3 is 0 Å². The monoisotopic (exact) mass is 264 g/mol. The largest absolute Gasteiger partial charge is 0.496 e. The van der Waals surface area contributed by atoms with Crippen molar-refractivity contribution in [1.29, 1.82) is 0 Å². The summed E-state index contributed by atoms with van der Waals surface area (Å²) in [4.78, 5) is 0. The molecule has 1 aromatic carbocycles. The zero-order chi connectivity index (χ0) is 13.7. The zero-order valence-corrected chi connectivity index (χ0v) is 12.1. The number of ether oxygens (including phenoxy) is 2. The molecule has 1 fully saturated rings. The van der Waals surface area contributed by atoms with Gasteiger partial charge in [0.2, 0.25) is 0 Å². The van der Waals surface area contributed by atoms with Crippen molar-refractivity contribution in [2.75, 3.05) is 32.6 Å². The lowest BCUT2D eigenvalue weighted by Gasteiger charge is -2.16. The van der Waals surface area contributed by atoms with E-state index < -0.39 is 0 Å². The van der Waals surface area contributed by atoms with E-state index >= 15 is 0 Å². The lowest BCUT2D eigenvalue weighted by atomic mass is 10.1. The maximum absolute atomic E-state index is 5.41. The average molecular weight is 264 g/mol. The van der Waals surface area contributed by atoms with Crippen LogP contribution < -0.4 is 20.1 Å². The summed E-state index contributed by atoms with van der Waals surface area (Å²) in [5.41, 5.74) is 2.09. The molecule has 0 aliphatic carbocycles. The maximum atomic E-state index is 5.41. The highest BCUT2D eigenvalue weighted by molar-refractivity contribution is 5.62. The Hall–Kier alpha value is -1.42. The van der Waals surface area contributed by atoms with Crippen LogP contribution in [0.3, 0.4) is 0 Å². The lowest BCUT2D eigenvalue weighted by molar-refractivity contribution is 0.401. The van der Waals surface area contributed by atoms with Crippen molar-refractivity contribution in [3.63, 3.8) is 0 Å². The van der Waals surface area contributed by atoms with E-state index in [9.17, 15) is 0 Å². The van der Waals surface area contributed by atoms with E-state index in [-0.39, 0.29) is 0 Å². The fraction of sp³-hybridized carbons (Fsp3) is 0.600. The van der Waals surface area contributed by atoms with Crippen LogP contribution in [0.1, 0.15) is 24.8 Å². The summed E-state index contributed by atoms with van der Waals surface area (Å²) in [6.45, 7) is 4.13. The molecule has 1 unspecified atom stereocenters. The quantitative estimate of drug-likeness (QED) is 0.828. The van der Waals surface area contributed by atoms with Crippen LogP contribution in [-0.2, 0) is 0 Å². The van der Waals surface area contributed by atoms with Crippen molar-refractivity contribution in [3.8, 4) is 11.5 Å². The first-order valence-corrected chi connectivity index (χ1v) is 6.94. The van der Waals surface area contributed by atoms with E-state index in [1.54, 1.807) is 14.2 Å². The summed E-state index contributed by atoms with van der Waals surface area (Å²) >= 11 is 0. The van der Waals surface area contributed by atoms with Gasteiger partial charge in [0.1, 0.15) is 11.5 Å². The number of nitrogens with one attached hydrogen (secondary N) is 2. The molecule has 4 heteroatoms. The van der Waals surface area contributed by atoms with Crippen LogP contribution in [0.25, 0.3) is 0 Å². The van der Waals surface area contributed by atoms with Crippen LogP contribution in [0.2, 0.25) is 0 Å². The van der Waals surface area contributed by atoms with Crippen LogP contribution in [0.5, 0.6) is 11.5 Å². The van der Waals surface area contributed by atoms with Crippen molar-refractivity contribution in [2.24, 2.45) is 0 Å². The SMILES string of the molecule is COc1cc(NCCC2CCCN2)c(OC)cc1C. The Labute approximate surface area is 115 Å². The Bertz CT molecular complexity index is 415. The second kappa shape index (κ2) is 6.66. The Morgan fingerprint density at radius 1 is 1.26 bits per heavy atom. The van der Waals surface area contributed by atoms with Gasteiger partial charge in [-0.1, -0.05) is 0 Å². The summed E-state index contributed by atoms with van der Waals surface area (Å²) in [6, 6.07) is 4.68. The molecule has 0 amide bonds. The first-order valence-electron chi connectivity index (χ1n) is 6.94. The van der Waals surface area contributed by atoms with Crippen LogP contribution in [0.15, 0.2) is 12.1 Å². The summed E-state index contributed by atoms with van der Waals surface area (Å²) in [5.74, 6) is 1.76. The predicted molar refractivity (Wildman–Crippen MR) is 78.4 cm³/mol. The van der Waals surface area contributed by atoms with Crippen molar-refractivity contribution >= 4 is 5.69 Å². The van der Waals surface area contributed by atoms with Gasteiger partial charge in [0.25, 0.3) is 0 Å². The van der Waals surface area contributed by atoms with Crippen LogP contribution >= 0.6 is 0 Å². The third kappa shape index (κ3) is 3.53. The molecule has 0 spiro atoms. The van der Waals surface area contributed by atoms with Gasteiger partial charge in [-0.3, -0.25) is 0 Å². The molecule has 2 rings (SSSR count). The molecule has 1 aliphatic rings. The number of hydrogen-bond donors (Lipinski definition) is 2. The van der Waals surface area contributed by atoms with Gasteiger partial charge < -0.3 is 20.1 Å². The Kier molecular flexibility index (Phi) is 4.91. The Morgan fingerprint density at radius 2 is 2.05 bits per heavy atom. The molecule has 0 bridgehead atoms. The predicted octanol–water partition coefficient (Wildman–Crippen LogP) is 2.57. The maximum Gasteiger partial charge on any atom is 0.142 e. The molecular formula is C15H24N2O2. The zero-order valence-electron chi connectivity index (χ0n) is 12.1. The van der Waals surface area contributed by atoms with Gasteiger partial charge in [0, 0.05) is 18.7 Å². The normalized spacial score (nSPS) is 18.4. The van der Waals surface area contributed by atoms with Crippen molar-refractivity contribution in [2.45, 2.75) is 32.2 Å². The van der Waals surface area contributed by atoms with E-state index in [0.717, 1.165) is 42.3 Å². The summed E-state index contributed by atoms with van der Waals surface area (Å²) in [7, 11) is 3.39. The van der Waals surface area contributed by atoms with Gasteiger partial charge in [-0.05, 0) is 44.4 Å². The van der Waals surface area contributed by atoms with E-state index in [4.69, 9.17) is 9.47 Å². The fourth-order valence-corrected chi connectivity index (χ4v) is 2.57. The molecule has 1 heterocycles. The van der Waals surface area contributed by atoms with Crippen LogP contribution in [-0.4, -0.2) is 33.4 Å². The van der Waals surface area contributed by atoms with E-state index in [1.807, 2.05) is 19.1 Å². The minimum Gasteiger partial charge on any atom is -0.496 e. The second-order valence-corrected chi connectivity index (χ2v) is 5.03. The van der Waals surface area contributed by atoms with E-state index in [0.29, 0.717) is 6.04 Å². The third-order valence-electron chi connectivity index (χ3n) is 3.69. The second-order valence-electron chi connectivity index (χ2n) is 5.03. The summed E-state index contributed by atoms with van der Waals surface area (Å²) < 4.78 is 10.8. The third-order valence-corrected chi connectivity index (χ3v) is 3.69. The highest BCUT2D eigenvalue weighted by Crippen LogP contribution is 2.32. The minimum absolute atomic E-state index is 0.658. The van der Waals surface area contributed by atoms with Gasteiger partial charge in [-0.2, -0.15) is 0 Å². The molecule has 1 aliphatic heterocycles. The van der Waals surface area contributed by atoms with Crippen molar-refractivity contribution in [3.05, 3.63) is 17.7 Å². The van der Waals surface area contributed by atoms with E-state index in [2.05, 4.69) is 10.6 Å². The van der Waals surface area contributed by atoms with Crippen LogP contribution in [0, 0.1) is 6.92 Å². The number of anilines is 1.